The van der Waals surface area contributed by atoms with Crippen molar-refractivity contribution in [2.75, 3.05) is 5.73 Å². The molecule has 0 bridgehead atoms. The number of phenols is 1. The Kier molecular flexibility index (Phi) is 4.54. The molecule has 0 unspecified atom stereocenters. The summed E-state index contributed by atoms with van der Waals surface area (Å²) < 4.78 is 10.9. The molecular weight excluding hydrogens is 275 g/mol. The minimum atomic E-state index is -4.28. The molecule has 0 saturated heterocycles. The molecule has 0 aliphatic heterocycles. The van der Waals surface area contributed by atoms with Crippen LogP contribution in [0, 0.1) is 0 Å². The number of anilines is 1. The lowest BCUT2D eigenvalue weighted by Gasteiger charge is -2.13. The second-order valence-electron chi connectivity index (χ2n) is 4.16. The summed E-state index contributed by atoms with van der Waals surface area (Å²) in [5, 5.41) is 18.4. The number of aromatic hydroxyl groups is 1. The molecule has 106 valence electrons. The van der Waals surface area contributed by atoms with Gasteiger partial charge in [0, 0.05) is 6.42 Å². The van der Waals surface area contributed by atoms with Gasteiger partial charge in [-0.1, -0.05) is 6.07 Å². The topological polar surface area (TPSA) is 167 Å². The molecule has 19 heavy (non-hydrogen) atoms. The van der Waals surface area contributed by atoms with Crippen LogP contribution >= 0.6 is 7.60 Å². The van der Waals surface area contributed by atoms with Crippen molar-refractivity contribution in [3.05, 3.63) is 23.3 Å². The number of carbonyl (C=O) groups is 1. The standard InChI is InChI=1S/C10H15N2O6P/c11-7-2-5(4-19(16,17)18)1-6(9(7)13)3-8(12)10(14)15/h1-2,8,13H,3-4,11-12H2,(H,14,15)(H2,16,17,18)/t8-/m0/s1. The van der Waals surface area contributed by atoms with E-state index < -0.39 is 25.8 Å². The third kappa shape index (κ3) is 4.53. The first kappa shape index (κ1) is 15.5. The minimum absolute atomic E-state index is 0.0847. The van der Waals surface area contributed by atoms with E-state index in [1.165, 1.54) is 12.1 Å². The maximum Gasteiger partial charge on any atom is 0.329 e. The first-order chi connectivity index (χ1) is 8.60. The quantitative estimate of drug-likeness (QED) is 0.242. The molecule has 0 radical (unpaired) electrons. The van der Waals surface area contributed by atoms with E-state index in [1.54, 1.807) is 0 Å². The van der Waals surface area contributed by atoms with Crippen LogP contribution in [-0.2, 0) is 21.9 Å². The van der Waals surface area contributed by atoms with Crippen LogP contribution in [0.1, 0.15) is 11.1 Å². The van der Waals surface area contributed by atoms with Crippen molar-refractivity contribution in [1.29, 1.82) is 0 Å². The van der Waals surface area contributed by atoms with E-state index in [4.69, 9.17) is 26.4 Å². The molecule has 0 aliphatic carbocycles. The highest BCUT2D eigenvalue weighted by Crippen LogP contribution is 2.41. The van der Waals surface area contributed by atoms with Gasteiger partial charge in [0.25, 0.3) is 0 Å². The molecule has 0 heterocycles. The van der Waals surface area contributed by atoms with E-state index in [1.807, 2.05) is 0 Å². The van der Waals surface area contributed by atoms with Gasteiger partial charge in [0.05, 0.1) is 11.8 Å². The first-order valence-electron chi connectivity index (χ1n) is 5.23. The number of rotatable bonds is 5. The smallest absolute Gasteiger partial charge is 0.329 e. The number of hydrogen-bond donors (Lipinski definition) is 6. The minimum Gasteiger partial charge on any atom is -0.506 e. The molecule has 0 aromatic heterocycles. The SMILES string of the molecule is Nc1cc(CP(=O)(O)O)cc(C[C@H](N)C(=O)O)c1O. The number of nitrogens with two attached hydrogens (primary N) is 2. The first-order valence-corrected chi connectivity index (χ1v) is 7.03. The van der Waals surface area contributed by atoms with Crippen LogP contribution in [0.25, 0.3) is 0 Å². The molecule has 0 aliphatic rings. The van der Waals surface area contributed by atoms with E-state index >= 15 is 0 Å². The normalized spacial score (nSPS) is 13.2. The van der Waals surface area contributed by atoms with Crippen LogP contribution < -0.4 is 11.5 Å². The third-order valence-electron chi connectivity index (χ3n) is 2.42. The molecule has 0 spiro atoms. The highest BCUT2D eigenvalue weighted by Gasteiger charge is 2.19. The van der Waals surface area contributed by atoms with E-state index in [-0.39, 0.29) is 29.0 Å². The summed E-state index contributed by atoms with van der Waals surface area (Å²) >= 11 is 0. The average Bonchev–Trinajstić information content (AvgIpc) is 2.22. The van der Waals surface area contributed by atoms with E-state index in [2.05, 4.69) is 0 Å². The Labute approximate surface area is 108 Å². The average molecular weight is 290 g/mol. The molecule has 9 heteroatoms. The Balaban J connectivity index is 3.10. The van der Waals surface area contributed by atoms with Crippen LogP contribution in [-0.4, -0.2) is 32.0 Å². The number of aliphatic carboxylic acids is 1. The fraction of sp³-hybridized carbons (Fsp3) is 0.300. The van der Waals surface area contributed by atoms with Gasteiger partial charge in [0.2, 0.25) is 0 Å². The zero-order chi connectivity index (χ0) is 14.8. The van der Waals surface area contributed by atoms with Crippen LogP contribution in [0.3, 0.4) is 0 Å². The molecule has 8 N–H and O–H groups in total. The summed E-state index contributed by atoms with van der Waals surface area (Å²) in [6, 6.07) is 1.27. The van der Waals surface area contributed by atoms with E-state index in [0.29, 0.717) is 0 Å². The summed E-state index contributed by atoms with van der Waals surface area (Å²) in [6.45, 7) is 0. The summed E-state index contributed by atoms with van der Waals surface area (Å²) in [5.41, 5.74) is 11.1. The van der Waals surface area contributed by atoms with Crippen molar-refractivity contribution in [2.45, 2.75) is 18.6 Å². The van der Waals surface area contributed by atoms with Crippen molar-refractivity contribution in [1.82, 2.24) is 0 Å². The van der Waals surface area contributed by atoms with Gasteiger partial charge in [-0.3, -0.25) is 9.36 Å². The Hall–Kier alpha value is -1.60. The second-order valence-corrected chi connectivity index (χ2v) is 5.81. The Morgan fingerprint density at radius 2 is 1.95 bits per heavy atom. The molecule has 1 aromatic carbocycles. The Bertz CT molecular complexity index is 541. The second kappa shape index (κ2) is 5.58. The summed E-state index contributed by atoms with van der Waals surface area (Å²) in [5.74, 6) is -1.58. The zero-order valence-electron chi connectivity index (χ0n) is 9.85. The maximum atomic E-state index is 10.9. The van der Waals surface area contributed by atoms with Gasteiger partial charge in [-0.2, -0.15) is 0 Å². The Morgan fingerprint density at radius 3 is 2.42 bits per heavy atom. The van der Waals surface area contributed by atoms with E-state index in [9.17, 15) is 14.5 Å². The summed E-state index contributed by atoms with van der Waals surface area (Å²) in [7, 11) is -4.28. The lowest BCUT2D eigenvalue weighted by molar-refractivity contribution is -0.138. The van der Waals surface area contributed by atoms with Crippen molar-refractivity contribution in [3.8, 4) is 5.75 Å². The number of benzene rings is 1. The number of carboxylic acids is 1. The van der Waals surface area contributed by atoms with Gasteiger partial charge in [-0.25, -0.2) is 0 Å². The van der Waals surface area contributed by atoms with Crippen molar-refractivity contribution in [3.63, 3.8) is 0 Å². The highest BCUT2D eigenvalue weighted by atomic mass is 31.2. The van der Waals surface area contributed by atoms with Gasteiger partial charge in [0.15, 0.2) is 0 Å². The lowest BCUT2D eigenvalue weighted by Crippen LogP contribution is -2.32. The molecule has 1 aromatic rings. The van der Waals surface area contributed by atoms with Gasteiger partial charge in [-0.15, -0.1) is 0 Å². The molecule has 0 fully saturated rings. The molecule has 0 saturated carbocycles. The number of hydrogen-bond acceptors (Lipinski definition) is 5. The summed E-state index contributed by atoms with van der Waals surface area (Å²) in [4.78, 5) is 28.4. The molecular formula is C10H15N2O6P. The van der Waals surface area contributed by atoms with Gasteiger partial charge in [-0.05, 0) is 17.2 Å². The van der Waals surface area contributed by atoms with Gasteiger partial charge < -0.3 is 31.5 Å². The fourth-order valence-corrected chi connectivity index (χ4v) is 2.25. The third-order valence-corrected chi connectivity index (χ3v) is 3.20. The van der Waals surface area contributed by atoms with Crippen LogP contribution in [0.5, 0.6) is 5.75 Å². The zero-order valence-corrected chi connectivity index (χ0v) is 10.7. The van der Waals surface area contributed by atoms with Crippen molar-refractivity contribution >= 4 is 19.3 Å². The number of phenolic OH excluding ortho intramolecular Hbond substituents is 1. The molecule has 8 nitrogen and oxygen atoms in total. The van der Waals surface area contributed by atoms with E-state index in [0.717, 1.165) is 0 Å². The monoisotopic (exact) mass is 290 g/mol. The molecule has 1 atom stereocenters. The van der Waals surface area contributed by atoms with Crippen LogP contribution in [0.4, 0.5) is 5.69 Å². The van der Waals surface area contributed by atoms with Crippen molar-refractivity contribution < 1.29 is 29.4 Å². The Morgan fingerprint density at radius 1 is 1.37 bits per heavy atom. The summed E-state index contributed by atoms with van der Waals surface area (Å²) in [6.07, 6.45) is -0.743. The number of nitrogen functional groups attached to an aromatic ring is 1. The lowest BCUT2D eigenvalue weighted by atomic mass is 10.0. The fourth-order valence-electron chi connectivity index (χ4n) is 1.60. The van der Waals surface area contributed by atoms with Gasteiger partial charge >= 0.3 is 13.6 Å². The molecule has 0 amide bonds. The van der Waals surface area contributed by atoms with Crippen molar-refractivity contribution in [2.24, 2.45) is 5.73 Å². The maximum absolute atomic E-state index is 10.9. The molecule has 1 rings (SSSR count). The van der Waals surface area contributed by atoms with Gasteiger partial charge in [0.1, 0.15) is 11.8 Å². The predicted octanol–water partition coefficient (Wildman–Crippen LogP) is -0.394. The number of carboxylic acid groups (broad SMARTS) is 1. The predicted molar refractivity (Wildman–Crippen MR) is 67.6 cm³/mol. The highest BCUT2D eigenvalue weighted by molar-refractivity contribution is 7.50. The largest absolute Gasteiger partial charge is 0.506 e. The van der Waals surface area contributed by atoms with Crippen LogP contribution in [0.2, 0.25) is 0 Å². The van der Waals surface area contributed by atoms with Crippen LogP contribution in [0.15, 0.2) is 12.1 Å².